The molecule has 0 unspecified atom stereocenters. The van der Waals surface area contributed by atoms with E-state index in [9.17, 15) is 18.8 Å². The maximum atomic E-state index is 13.5. The number of rotatable bonds is 6. The lowest BCUT2D eigenvalue weighted by Crippen LogP contribution is -2.42. The lowest BCUT2D eigenvalue weighted by atomic mass is 10.1. The molecule has 8 nitrogen and oxygen atoms in total. The molecule has 0 fully saturated rings. The molecule has 0 atom stereocenters. The number of fused-ring (bicyclic) bond motifs is 1. The Morgan fingerprint density at radius 3 is 2.51 bits per heavy atom. The van der Waals surface area contributed by atoms with Crippen LogP contribution in [-0.2, 0) is 35.6 Å². The third-order valence-corrected chi connectivity index (χ3v) is 5.86. The largest absolute Gasteiger partial charge is 0.450 e. The molecule has 182 valence electrons. The Bertz CT molecular complexity index is 1290. The third kappa shape index (κ3) is 5.56. The monoisotopic (exact) mass is 478 g/mol. The average Bonchev–Trinajstić information content (AvgIpc) is 2.85. The summed E-state index contributed by atoms with van der Waals surface area (Å²) >= 11 is 0. The summed E-state index contributed by atoms with van der Waals surface area (Å²) < 4.78 is 19.6. The van der Waals surface area contributed by atoms with E-state index in [1.165, 1.54) is 21.6 Å². The molecule has 35 heavy (non-hydrogen) atoms. The normalized spacial score (nSPS) is 12.7. The molecule has 1 aliphatic heterocycles. The summed E-state index contributed by atoms with van der Waals surface area (Å²) in [5.41, 5.74) is 3.18. The van der Waals surface area contributed by atoms with Crippen molar-refractivity contribution in [1.29, 1.82) is 0 Å². The van der Waals surface area contributed by atoms with E-state index in [2.05, 4.69) is 5.32 Å². The lowest BCUT2D eigenvalue weighted by molar-refractivity contribution is -0.121. The van der Waals surface area contributed by atoms with Crippen molar-refractivity contribution in [1.82, 2.24) is 19.8 Å². The number of aryl methyl sites for hydroxylation is 1. The van der Waals surface area contributed by atoms with Crippen LogP contribution in [0.25, 0.3) is 11.4 Å². The van der Waals surface area contributed by atoms with E-state index < -0.39 is 6.09 Å². The zero-order valence-electron chi connectivity index (χ0n) is 19.7. The van der Waals surface area contributed by atoms with Crippen molar-refractivity contribution in [3.8, 4) is 11.4 Å². The van der Waals surface area contributed by atoms with Crippen LogP contribution in [0.4, 0.5) is 9.18 Å². The molecule has 2 heterocycles. The van der Waals surface area contributed by atoms with Gasteiger partial charge in [-0.25, -0.2) is 14.2 Å². The van der Waals surface area contributed by atoms with Gasteiger partial charge in [-0.1, -0.05) is 42.0 Å². The van der Waals surface area contributed by atoms with Crippen LogP contribution in [0.5, 0.6) is 0 Å². The molecule has 0 bridgehead atoms. The Morgan fingerprint density at radius 2 is 1.83 bits per heavy atom. The highest BCUT2D eigenvalue weighted by Gasteiger charge is 2.27. The minimum absolute atomic E-state index is 0.167. The van der Waals surface area contributed by atoms with Gasteiger partial charge in [-0.05, 0) is 38.0 Å². The Morgan fingerprint density at radius 1 is 1.11 bits per heavy atom. The van der Waals surface area contributed by atoms with Gasteiger partial charge in [0.15, 0.2) is 0 Å². The van der Waals surface area contributed by atoms with Crippen molar-refractivity contribution in [2.75, 3.05) is 13.2 Å². The second kappa shape index (κ2) is 10.5. The van der Waals surface area contributed by atoms with Crippen LogP contribution in [0.1, 0.15) is 29.3 Å². The van der Waals surface area contributed by atoms with Crippen LogP contribution < -0.4 is 10.9 Å². The number of benzene rings is 2. The second-order valence-electron chi connectivity index (χ2n) is 8.39. The number of hydrogen-bond acceptors (Lipinski definition) is 5. The van der Waals surface area contributed by atoms with E-state index >= 15 is 0 Å². The quantitative estimate of drug-likeness (QED) is 0.587. The Balaban J connectivity index is 1.64. The van der Waals surface area contributed by atoms with E-state index in [1.54, 1.807) is 19.1 Å². The summed E-state index contributed by atoms with van der Waals surface area (Å²) in [4.78, 5) is 44.8. The van der Waals surface area contributed by atoms with E-state index in [0.717, 1.165) is 11.1 Å². The molecule has 0 aliphatic carbocycles. The second-order valence-corrected chi connectivity index (χ2v) is 8.39. The summed E-state index contributed by atoms with van der Waals surface area (Å²) in [6, 6.07) is 13.4. The van der Waals surface area contributed by atoms with Crippen LogP contribution in [0, 0.1) is 12.7 Å². The zero-order chi connectivity index (χ0) is 24.9. The molecule has 0 saturated carbocycles. The van der Waals surface area contributed by atoms with E-state index in [1.807, 2.05) is 31.2 Å². The van der Waals surface area contributed by atoms with Gasteiger partial charge in [-0.2, -0.15) is 0 Å². The first-order valence-electron chi connectivity index (χ1n) is 11.5. The average molecular weight is 479 g/mol. The van der Waals surface area contributed by atoms with Crippen molar-refractivity contribution in [2.45, 2.75) is 39.9 Å². The van der Waals surface area contributed by atoms with Gasteiger partial charge in [0.1, 0.15) is 18.2 Å². The van der Waals surface area contributed by atoms with Crippen molar-refractivity contribution in [2.24, 2.45) is 0 Å². The third-order valence-electron chi connectivity index (χ3n) is 5.86. The highest BCUT2D eigenvalue weighted by molar-refractivity contribution is 5.76. The molecule has 1 aromatic heterocycles. The Kier molecular flexibility index (Phi) is 7.24. The minimum atomic E-state index is -0.443. The predicted molar refractivity (Wildman–Crippen MR) is 128 cm³/mol. The van der Waals surface area contributed by atoms with Crippen LogP contribution in [-0.4, -0.2) is 39.6 Å². The highest BCUT2D eigenvalue weighted by atomic mass is 19.1. The maximum Gasteiger partial charge on any atom is 0.410 e. The van der Waals surface area contributed by atoms with E-state index in [-0.39, 0.29) is 43.5 Å². The fourth-order valence-electron chi connectivity index (χ4n) is 3.97. The highest BCUT2D eigenvalue weighted by Crippen LogP contribution is 2.22. The van der Waals surface area contributed by atoms with Gasteiger partial charge in [-0.3, -0.25) is 14.2 Å². The molecule has 0 radical (unpaired) electrons. The molecule has 2 amide bonds. The van der Waals surface area contributed by atoms with Gasteiger partial charge in [0.2, 0.25) is 5.91 Å². The Labute approximate surface area is 202 Å². The van der Waals surface area contributed by atoms with Gasteiger partial charge >= 0.3 is 6.09 Å². The maximum absolute atomic E-state index is 13.5. The van der Waals surface area contributed by atoms with Crippen molar-refractivity contribution in [3.63, 3.8) is 0 Å². The SMILES string of the molecule is CCOC(=O)N1CCc2c(nc(-c3ccc(C)cc3)n(CC(=O)NCc3ccc(F)cc3)c2=O)C1. The van der Waals surface area contributed by atoms with Crippen LogP contribution >= 0.6 is 0 Å². The van der Waals surface area contributed by atoms with E-state index in [0.29, 0.717) is 35.6 Å². The number of amides is 2. The van der Waals surface area contributed by atoms with Gasteiger partial charge in [0.05, 0.1) is 18.8 Å². The van der Waals surface area contributed by atoms with Gasteiger partial charge in [0, 0.05) is 24.2 Å². The molecule has 1 N–H and O–H groups in total. The lowest BCUT2D eigenvalue weighted by Gasteiger charge is -2.28. The summed E-state index contributed by atoms with van der Waals surface area (Å²) in [5, 5.41) is 2.78. The summed E-state index contributed by atoms with van der Waals surface area (Å²) in [6.07, 6.45) is -0.119. The topological polar surface area (TPSA) is 93.5 Å². The van der Waals surface area contributed by atoms with Gasteiger partial charge < -0.3 is 15.0 Å². The number of nitrogens with one attached hydrogen (secondary N) is 1. The predicted octanol–water partition coefficient (Wildman–Crippen LogP) is 3.19. The number of hydrogen-bond donors (Lipinski definition) is 1. The van der Waals surface area contributed by atoms with E-state index in [4.69, 9.17) is 9.72 Å². The van der Waals surface area contributed by atoms with Crippen molar-refractivity contribution in [3.05, 3.63) is 87.1 Å². The molecular formula is C26H27FN4O4. The molecule has 2 aromatic carbocycles. The first kappa shape index (κ1) is 24.1. The molecule has 9 heteroatoms. The molecule has 0 spiro atoms. The summed E-state index contributed by atoms with van der Waals surface area (Å²) in [7, 11) is 0. The van der Waals surface area contributed by atoms with Crippen LogP contribution in [0.3, 0.4) is 0 Å². The van der Waals surface area contributed by atoms with Crippen molar-refractivity contribution >= 4 is 12.0 Å². The fourth-order valence-corrected chi connectivity index (χ4v) is 3.97. The molecule has 3 aromatic rings. The molecule has 4 rings (SSSR count). The Hall–Kier alpha value is -4.01. The summed E-state index contributed by atoms with van der Waals surface area (Å²) in [5.74, 6) is -0.358. The number of ether oxygens (including phenoxy) is 1. The number of carbonyl (C=O) groups is 2. The smallest absolute Gasteiger partial charge is 0.410 e. The first-order valence-corrected chi connectivity index (χ1v) is 11.5. The van der Waals surface area contributed by atoms with Crippen LogP contribution in [0.2, 0.25) is 0 Å². The van der Waals surface area contributed by atoms with Gasteiger partial charge in [-0.15, -0.1) is 0 Å². The first-order chi connectivity index (χ1) is 16.9. The standard InChI is InChI=1S/C26H27FN4O4/c1-3-35-26(34)30-13-12-21-22(15-30)29-24(19-8-4-17(2)5-9-19)31(25(21)33)16-23(32)28-14-18-6-10-20(27)11-7-18/h4-11H,3,12-16H2,1-2H3,(H,28,32). The number of carbonyl (C=O) groups excluding carboxylic acids is 2. The summed E-state index contributed by atoms with van der Waals surface area (Å²) in [6.45, 7) is 4.45. The van der Waals surface area contributed by atoms with Gasteiger partial charge in [0.25, 0.3) is 5.56 Å². The zero-order valence-corrected chi connectivity index (χ0v) is 19.7. The molecular weight excluding hydrogens is 451 g/mol. The van der Waals surface area contributed by atoms with Crippen molar-refractivity contribution < 1.29 is 18.7 Å². The number of nitrogens with zero attached hydrogens (tertiary/aromatic N) is 3. The molecule has 0 saturated heterocycles. The molecule has 1 aliphatic rings. The minimum Gasteiger partial charge on any atom is -0.450 e. The number of halogens is 1. The fraction of sp³-hybridized carbons (Fsp3) is 0.308. The van der Waals surface area contributed by atoms with Crippen LogP contribution in [0.15, 0.2) is 53.3 Å². The number of aromatic nitrogens is 2.